The van der Waals surface area contributed by atoms with Crippen molar-refractivity contribution < 1.29 is 29.6 Å². The Hall–Kier alpha value is -2.02. The van der Waals surface area contributed by atoms with Gasteiger partial charge in [0.25, 0.3) is 0 Å². The van der Waals surface area contributed by atoms with Gasteiger partial charge in [0.15, 0.2) is 5.78 Å². The first-order valence-corrected chi connectivity index (χ1v) is 11.4. The third-order valence-corrected chi connectivity index (χ3v) is 7.06. The molecule has 0 aromatic rings. The van der Waals surface area contributed by atoms with E-state index in [2.05, 4.69) is 6.58 Å². The Morgan fingerprint density at radius 3 is 2.62 bits per heavy atom. The number of hydrogen-bond acceptors (Lipinski definition) is 6. The number of carbonyl (C=O) groups is 2. The molecule has 3 N–H and O–H groups in total. The Kier molecular flexibility index (Phi) is 9.19. The molecule has 6 nitrogen and oxygen atoms in total. The molecule has 2 aliphatic carbocycles. The summed E-state index contributed by atoms with van der Waals surface area (Å²) in [6.07, 6.45) is 8.65. The fourth-order valence-electron chi connectivity index (χ4n) is 4.70. The van der Waals surface area contributed by atoms with Gasteiger partial charge in [-0.05, 0) is 52.5 Å². The molecule has 1 fully saturated rings. The second kappa shape index (κ2) is 11.2. The molecule has 1 saturated carbocycles. The highest BCUT2D eigenvalue weighted by Crippen LogP contribution is 2.53. The highest BCUT2D eigenvalue weighted by atomic mass is 16.5. The lowest BCUT2D eigenvalue weighted by molar-refractivity contribution is -0.165. The second-order valence-electron chi connectivity index (χ2n) is 9.47. The number of ether oxygens (including phenoxy) is 1. The smallest absolute Gasteiger partial charge is 0.311 e. The van der Waals surface area contributed by atoms with E-state index in [-0.39, 0.29) is 24.2 Å². The molecule has 0 aromatic carbocycles. The van der Waals surface area contributed by atoms with Crippen molar-refractivity contribution in [3.05, 3.63) is 48.1 Å². The molecule has 4 unspecified atom stereocenters. The quantitative estimate of drug-likeness (QED) is 0.285. The first-order valence-electron chi connectivity index (χ1n) is 11.4. The molecule has 0 bridgehead atoms. The van der Waals surface area contributed by atoms with Crippen LogP contribution in [0.15, 0.2) is 48.1 Å². The number of ketones is 1. The molecule has 0 amide bonds. The van der Waals surface area contributed by atoms with E-state index in [0.29, 0.717) is 25.7 Å². The monoisotopic (exact) mass is 446 g/mol. The van der Waals surface area contributed by atoms with Crippen molar-refractivity contribution in [3.63, 3.8) is 0 Å². The normalized spacial score (nSPS) is 31.2. The summed E-state index contributed by atoms with van der Waals surface area (Å²) in [5.41, 5.74) is 1.09. The second-order valence-corrected chi connectivity index (χ2v) is 9.47. The minimum absolute atomic E-state index is 0.0326. The van der Waals surface area contributed by atoms with Crippen LogP contribution in [0.1, 0.15) is 53.4 Å². The number of aliphatic hydroxyl groups is 3. The van der Waals surface area contributed by atoms with Crippen LogP contribution in [-0.4, -0.2) is 52.0 Å². The Labute approximate surface area is 191 Å². The van der Waals surface area contributed by atoms with Crippen molar-refractivity contribution >= 4 is 11.8 Å². The standard InChI is InChI=1S/C26H38O6/c1-16(2)21-14-26(15-27)19(5)24(12-11-20(26)13-23(21)30)32-25(31)18(4)22(29)10-8-6-7-9-17(3)28/h6-8,10,13,17-19,21-22,24,27-29H,1,9,11-12,14-15H2,2-5H3/b7-6+,10-8+/t17?,18?,19-,21-,22?,24+,26?/m0/s1. The summed E-state index contributed by atoms with van der Waals surface area (Å²) in [5, 5.41) is 29.9. The number of esters is 1. The molecular formula is C26H38O6. The van der Waals surface area contributed by atoms with Crippen molar-refractivity contribution in [1.29, 1.82) is 0 Å². The van der Waals surface area contributed by atoms with Gasteiger partial charge in [0.2, 0.25) is 0 Å². The zero-order valence-electron chi connectivity index (χ0n) is 19.7. The summed E-state index contributed by atoms with van der Waals surface area (Å²) in [5.74, 6) is -1.71. The molecule has 6 heteroatoms. The van der Waals surface area contributed by atoms with Gasteiger partial charge in [-0.1, -0.05) is 49.0 Å². The maximum Gasteiger partial charge on any atom is 0.311 e. The first kappa shape index (κ1) is 26.2. The first-order chi connectivity index (χ1) is 15.0. The predicted octanol–water partition coefficient (Wildman–Crippen LogP) is 3.28. The van der Waals surface area contributed by atoms with Gasteiger partial charge in [0.1, 0.15) is 6.10 Å². The topological polar surface area (TPSA) is 104 Å². The van der Waals surface area contributed by atoms with E-state index in [9.17, 15) is 24.9 Å². The predicted molar refractivity (Wildman–Crippen MR) is 124 cm³/mol. The van der Waals surface area contributed by atoms with Crippen LogP contribution < -0.4 is 0 Å². The number of carbonyl (C=O) groups excluding carboxylic acids is 2. The van der Waals surface area contributed by atoms with Crippen molar-refractivity contribution in [3.8, 4) is 0 Å². The fourth-order valence-corrected chi connectivity index (χ4v) is 4.70. The van der Waals surface area contributed by atoms with E-state index < -0.39 is 35.6 Å². The van der Waals surface area contributed by atoms with Crippen LogP contribution in [0.4, 0.5) is 0 Å². The van der Waals surface area contributed by atoms with Crippen LogP contribution in [0.25, 0.3) is 0 Å². The Balaban J connectivity index is 2.07. The third-order valence-electron chi connectivity index (χ3n) is 7.06. The minimum atomic E-state index is -1.00. The number of hydrogen-bond donors (Lipinski definition) is 3. The van der Waals surface area contributed by atoms with E-state index in [1.54, 1.807) is 38.2 Å². The number of allylic oxidation sites excluding steroid dienone is 4. The van der Waals surface area contributed by atoms with Gasteiger partial charge in [-0.2, -0.15) is 0 Å². The maximum absolute atomic E-state index is 12.7. The molecule has 0 aromatic heterocycles. The molecule has 2 rings (SSSR count). The molecule has 0 spiro atoms. The molecule has 0 heterocycles. The van der Waals surface area contributed by atoms with Crippen molar-refractivity contribution in [2.24, 2.45) is 23.2 Å². The molecule has 7 atom stereocenters. The molecule has 0 saturated heterocycles. The van der Waals surface area contributed by atoms with Crippen molar-refractivity contribution in [2.45, 2.75) is 71.7 Å². The summed E-state index contributed by atoms with van der Waals surface area (Å²) < 4.78 is 5.81. The third kappa shape index (κ3) is 5.85. The van der Waals surface area contributed by atoms with Crippen LogP contribution in [0, 0.1) is 23.2 Å². The van der Waals surface area contributed by atoms with Gasteiger partial charge in [0.05, 0.1) is 24.7 Å². The summed E-state index contributed by atoms with van der Waals surface area (Å²) in [6, 6.07) is 0. The summed E-state index contributed by atoms with van der Waals surface area (Å²) in [7, 11) is 0. The fraction of sp³-hybridized carbons (Fsp3) is 0.615. The number of fused-ring (bicyclic) bond motifs is 1. The molecular weight excluding hydrogens is 408 g/mol. The van der Waals surface area contributed by atoms with Gasteiger partial charge in [-0.15, -0.1) is 0 Å². The minimum Gasteiger partial charge on any atom is -0.462 e. The lowest BCUT2D eigenvalue weighted by Crippen LogP contribution is -2.50. The van der Waals surface area contributed by atoms with E-state index in [4.69, 9.17) is 4.74 Å². The molecule has 0 radical (unpaired) electrons. The molecule has 0 aliphatic heterocycles. The Morgan fingerprint density at radius 1 is 1.34 bits per heavy atom. The number of rotatable bonds is 9. The van der Waals surface area contributed by atoms with Crippen LogP contribution in [0.3, 0.4) is 0 Å². The van der Waals surface area contributed by atoms with Gasteiger partial charge in [-0.25, -0.2) is 0 Å². The molecule has 32 heavy (non-hydrogen) atoms. The van der Waals surface area contributed by atoms with Crippen LogP contribution in [0.2, 0.25) is 0 Å². The van der Waals surface area contributed by atoms with E-state index in [1.807, 2.05) is 13.8 Å². The SMILES string of the molecule is C=C(C)[C@@H]1CC2(CO)C(=CC1=O)CC[C@@H](OC(=O)C(C)C(O)/C=C/C=C/CC(C)O)[C@@H]2C. The van der Waals surface area contributed by atoms with Gasteiger partial charge >= 0.3 is 5.97 Å². The van der Waals surface area contributed by atoms with Gasteiger partial charge in [0, 0.05) is 17.3 Å². The zero-order chi connectivity index (χ0) is 24.1. The summed E-state index contributed by atoms with van der Waals surface area (Å²) >= 11 is 0. The lowest BCUT2D eigenvalue weighted by atomic mass is 9.56. The zero-order valence-corrected chi connectivity index (χ0v) is 19.7. The average Bonchev–Trinajstić information content (AvgIpc) is 2.74. The molecule has 2 aliphatic rings. The van der Waals surface area contributed by atoms with Crippen molar-refractivity contribution in [2.75, 3.05) is 6.61 Å². The maximum atomic E-state index is 12.7. The highest BCUT2D eigenvalue weighted by molar-refractivity contribution is 5.95. The van der Waals surface area contributed by atoms with E-state index >= 15 is 0 Å². The largest absolute Gasteiger partial charge is 0.462 e. The number of aliphatic hydroxyl groups excluding tert-OH is 3. The van der Waals surface area contributed by atoms with E-state index in [0.717, 1.165) is 11.1 Å². The average molecular weight is 447 g/mol. The van der Waals surface area contributed by atoms with Crippen molar-refractivity contribution in [1.82, 2.24) is 0 Å². The highest BCUT2D eigenvalue weighted by Gasteiger charge is 2.51. The van der Waals surface area contributed by atoms with E-state index in [1.165, 1.54) is 6.08 Å². The Bertz CT molecular complexity index is 792. The molecule has 178 valence electrons. The van der Waals surface area contributed by atoms with Crippen LogP contribution in [0.5, 0.6) is 0 Å². The van der Waals surface area contributed by atoms with Gasteiger partial charge in [-0.3, -0.25) is 9.59 Å². The summed E-state index contributed by atoms with van der Waals surface area (Å²) in [4.78, 5) is 25.2. The lowest BCUT2D eigenvalue weighted by Gasteiger charge is -2.50. The van der Waals surface area contributed by atoms with Gasteiger partial charge < -0.3 is 20.1 Å². The summed E-state index contributed by atoms with van der Waals surface area (Å²) in [6.45, 7) is 10.9. The van der Waals surface area contributed by atoms with Crippen LogP contribution in [-0.2, 0) is 14.3 Å². The Morgan fingerprint density at radius 2 is 2.03 bits per heavy atom. The van der Waals surface area contributed by atoms with Crippen LogP contribution >= 0.6 is 0 Å².